The van der Waals surface area contributed by atoms with E-state index in [1.54, 1.807) is 0 Å². The topological polar surface area (TPSA) is 49.9 Å². The van der Waals surface area contributed by atoms with Crippen LogP contribution in [0.4, 0.5) is 0 Å². The first-order chi connectivity index (χ1) is 16.2. The first-order valence-corrected chi connectivity index (χ1v) is 11.5. The van der Waals surface area contributed by atoms with Crippen molar-refractivity contribution in [3.05, 3.63) is 102 Å². The van der Waals surface area contributed by atoms with E-state index in [2.05, 4.69) is 0 Å². The predicted octanol–water partition coefficient (Wildman–Crippen LogP) is 4.13. The monoisotopic (exact) mass is 442 g/mol. The number of ether oxygens (including phenoxy) is 1. The van der Waals surface area contributed by atoms with Crippen molar-refractivity contribution in [1.82, 2.24) is 9.80 Å². The van der Waals surface area contributed by atoms with Gasteiger partial charge in [-0.2, -0.15) is 0 Å². The van der Waals surface area contributed by atoms with Gasteiger partial charge in [-0.25, -0.2) is 0 Å². The molecule has 5 heteroatoms. The number of amides is 2. The fourth-order valence-corrected chi connectivity index (χ4v) is 4.28. The summed E-state index contributed by atoms with van der Waals surface area (Å²) >= 11 is 0. The van der Waals surface area contributed by atoms with Crippen molar-refractivity contribution in [2.75, 3.05) is 32.8 Å². The molecular weight excluding hydrogens is 412 g/mol. The van der Waals surface area contributed by atoms with E-state index in [1.807, 2.05) is 102 Å². The summed E-state index contributed by atoms with van der Waals surface area (Å²) in [4.78, 5) is 30.1. The highest BCUT2D eigenvalue weighted by Gasteiger charge is 2.30. The number of piperazine rings is 1. The summed E-state index contributed by atoms with van der Waals surface area (Å²) in [5, 5.41) is 0. The van der Waals surface area contributed by atoms with E-state index in [1.165, 1.54) is 0 Å². The van der Waals surface area contributed by atoms with Crippen LogP contribution in [0.5, 0.6) is 5.75 Å². The lowest BCUT2D eigenvalue weighted by molar-refractivity contribution is -0.139. The Morgan fingerprint density at radius 3 is 1.79 bits per heavy atom. The van der Waals surface area contributed by atoms with Crippen molar-refractivity contribution in [2.24, 2.45) is 0 Å². The summed E-state index contributed by atoms with van der Waals surface area (Å²) < 4.78 is 5.47. The van der Waals surface area contributed by atoms with E-state index in [9.17, 15) is 9.59 Å². The highest BCUT2D eigenvalue weighted by molar-refractivity contribution is 5.87. The molecule has 5 nitrogen and oxygen atoms in total. The molecule has 3 aromatic rings. The first-order valence-electron chi connectivity index (χ1n) is 11.5. The summed E-state index contributed by atoms with van der Waals surface area (Å²) in [5.41, 5.74) is 2.94. The molecule has 0 spiro atoms. The molecule has 0 bridgehead atoms. The van der Waals surface area contributed by atoms with Crippen molar-refractivity contribution in [2.45, 2.75) is 19.3 Å². The van der Waals surface area contributed by atoms with Gasteiger partial charge in [-0.05, 0) is 35.7 Å². The SMILES string of the molecule is CCOc1ccc(CC(=O)N2CCN(C(=O)C(c3ccccc3)c3ccccc3)CC2)cc1. The normalized spacial score (nSPS) is 13.8. The van der Waals surface area contributed by atoms with Crippen LogP contribution >= 0.6 is 0 Å². The van der Waals surface area contributed by atoms with Gasteiger partial charge in [0.05, 0.1) is 18.9 Å². The van der Waals surface area contributed by atoms with Crippen molar-refractivity contribution < 1.29 is 14.3 Å². The standard InChI is InChI=1S/C28H30N2O3/c1-2-33-25-15-13-22(14-16-25)21-26(31)29-17-19-30(20-18-29)28(32)27(23-9-5-3-6-10-23)24-11-7-4-8-12-24/h3-16,27H,2,17-21H2,1H3. The van der Waals surface area contributed by atoms with Gasteiger partial charge in [0.1, 0.15) is 5.75 Å². The molecule has 4 rings (SSSR count). The number of nitrogens with zero attached hydrogens (tertiary/aromatic N) is 2. The summed E-state index contributed by atoms with van der Waals surface area (Å²) in [6, 6.07) is 27.5. The molecule has 1 saturated heterocycles. The second kappa shape index (κ2) is 10.8. The maximum atomic E-state index is 13.6. The second-order valence-corrected chi connectivity index (χ2v) is 8.21. The maximum Gasteiger partial charge on any atom is 0.234 e. The Balaban J connectivity index is 1.39. The van der Waals surface area contributed by atoms with Gasteiger partial charge in [-0.1, -0.05) is 72.8 Å². The Labute approximate surface area is 195 Å². The summed E-state index contributed by atoms with van der Waals surface area (Å²) in [5.74, 6) is 0.658. The van der Waals surface area contributed by atoms with Crippen LogP contribution in [0.2, 0.25) is 0 Å². The molecule has 0 unspecified atom stereocenters. The van der Waals surface area contributed by atoms with Gasteiger partial charge in [0.25, 0.3) is 0 Å². The fourth-order valence-electron chi connectivity index (χ4n) is 4.28. The zero-order chi connectivity index (χ0) is 23.0. The molecule has 3 aromatic carbocycles. The smallest absolute Gasteiger partial charge is 0.234 e. The van der Waals surface area contributed by atoms with Gasteiger partial charge >= 0.3 is 0 Å². The average Bonchev–Trinajstić information content (AvgIpc) is 2.87. The molecular formula is C28H30N2O3. The lowest BCUT2D eigenvalue weighted by atomic mass is 9.90. The van der Waals surface area contributed by atoms with E-state index in [0.29, 0.717) is 39.2 Å². The second-order valence-electron chi connectivity index (χ2n) is 8.21. The van der Waals surface area contributed by atoms with Crippen LogP contribution in [0.15, 0.2) is 84.9 Å². The molecule has 1 fully saturated rings. The van der Waals surface area contributed by atoms with Gasteiger partial charge < -0.3 is 14.5 Å². The van der Waals surface area contributed by atoms with E-state index in [4.69, 9.17) is 4.74 Å². The molecule has 0 aromatic heterocycles. The lowest BCUT2D eigenvalue weighted by Gasteiger charge is -2.36. The first kappa shape index (κ1) is 22.6. The Bertz CT molecular complexity index is 1000. The molecule has 0 saturated carbocycles. The quantitative estimate of drug-likeness (QED) is 0.553. The van der Waals surface area contributed by atoms with Gasteiger partial charge in [0.2, 0.25) is 11.8 Å². The molecule has 0 aliphatic carbocycles. The van der Waals surface area contributed by atoms with E-state index in [0.717, 1.165) is 22.4 Å². The number of hydrogen-bond donors (Lipinski definition) is 0. The Kier molecular flexibility index (Phi) is 7.40. The Hall–Kier alpha value is -3.60. The van der Waals surface area contributed by atoms with Crippen LogP contribution in [-0.4, -0.2) is 54.4 Å². The molecule has 0 N–H and O–H groups in total. The lowest BCUT2D eigenvalue weighted by Crippen LogP contribution is -2.52. The number of benzene rings is 3. The predicted molar refractivity (Wildman–Crippen MR) is 129 cm³/mol. The minimum Gasteiger partial charge on any atom is -0.494 e. The van der Waals surface area contributed by atoms with Crippen molar-refractivity contribution in [1.29, 1.82) is 0 Å². The van der Waals surface area contributed by atoms with Crippen molar-refractivity contribution in [3.8, 4) is 5.75 Å². The highest BCUT2D eigenvalue weighted by Crippen LogP contribution is 2.27. The third kappa shape index (κ3) is 5.61. The Morgan fingerprint density at radius 1 is 0.758 bits per heavy atom. The van der Waals surface area contributed by atoms with Gasteiger partial charge in [0, 0.05) is 26.2 Å². The molecule has 170 valence electrons. The molecule has 0 radical (unpaired) electrons. The van der Waals surface area contributed by atoms with Gasteiger partial charge in [-0.3, -0.25) is 9.59 Å². The molecule has 1 aliphatic rings. The van der Waals surface area contributed by atoms with Crippen molar-refractivity contribution in [3.63, 3.8) is 0 Å². The number of rotatable bonds is 7. The maximum absolute atomic E-state index is 13.6. The van der Waals surface area contributed by atoms with Gasteiger partial charge in [0.15, 0.2) is 0 Å². The van der Waals surface area contributed by atoms with Crippen LogP contribution in [0.3, 0.4) is 0 Å². The van der Waals surface area contributed by atoms with E-state index in [-0.39, 0.29) is 17.7 Å². The molecule has 1 aliphatic heterocycles. The van der Waals surface area contributed by atoms with E-state index < -0.39 is 0 Å². The van der Waals surface area contributed by atoms with Crippen LogP contribution < -0.4 is 4.74 Å². The van der Waals surface area contributed by atoms with Crippen LogP contribution in [0.1, 0.15) is 29.5 Å². The van der Waals surface area contributed by atoms with Gasteiger partial charge in [-0.15, -0.1) is 0 Å². The molecule has 0 atom stereocenters. The number of carbonyl (C=O) groups excluding carboxylic acids is 2. The number of hydrogen-bond acceptors (Lipinski definition) is 3. The highest BCUT2D eigenvalue weighted by atomic mass is 16.5. The third-order valence-electron chi connectivity index (χ3n) is 6.05. The number of carbonyl (C=O) groups is 2. The van der Waals surface area contributed by atoms with Crippen molar-refractivity contribution >= 4 is 11.8 Å². The molecule has 1 heterocycles. The summed E-state index contributed by atoms with van der Waals surface area (Å²) in [6.45, 7) is 4.77. The van der Waals surface area contributed by atoms with Crippen LogP contribution in [0, 0.1) is 0 Å². The molecule has 33 heavy (non-hydrogen) atoms. The minimum absolute atomic E-state index is 0.0889. The molecule has 2 amide bonds. The zero-order valence-electron chi connectivity index (χ0n) is 19.0. The van der Waals surface area contributed by atoms with Crippen LogP contribution in [-0.2, 0) is 16.0 Å². The zero-order valence-corrected chi connectivity index (χ0v) is 19.0. The summed E-state index contributed by atoms with van der Waals surface area (Å²) in [7, 11) is 0. The Morgan fingerprint density at radius 2 is 1.27 bits per heavy atom. The van der Waals surface area contributed by atoms with E-state index >= 15 is 0 Å². The average molecular weight is 443 g/mol. The fraction of sp³-hybridized carbons (Fsp3) is 0.286. The third-order valence-corrected chi connectivity index (χ3v) is 6.05. The largest absolute Gasteiger partial charge is 0.494 e. The minimum atomic E-state index is -0.335. The summed E-state index contributed by atoms with van der Waals surface area (Å²) in [6.07, 6.45) is 0.358. The van der Waals surface area contributed by atoms with Crippen LogP contribution in [0.25, 0.3) is 0 Å².